The summed E-state index contributed by atoms with van der Waals surface area (Å²) < 4.78 is 10.3. The van der Waals surface area contributed by atoms with E-state index in [-0.39, 0.29) is 55.1 Å². The molecule has 32 heavy (non-hydrogen) atoms. The molecule has 1 N–H and O–H groups in total. The van der Waals surface area contributed by atoms with Gasteiger partial charge in [0.15, 0.2) is 0 Å². The van der Waals surface area contributed by atoms with Crippen LogP contribution in [0.1, 0.15) is 43.5 Å². The van der Waals surface area contributed by atoms with E-state index >= 15 is 0 Å². The lowest BCUT2D eigenvalue weighted by molar-refractivity contribution is -0.128. The van der Waals surface area contributed by atoms with Crippen molar-refractivity contribution in [1.29, 1.82) is 0 Å². The molecule has 1 rings (SSSR count). The minimum Gasteiger partial charge on any atom is -0.506 e. The molecule has 0 saturated heterocycles. The van der Waals surface area contributed by atoms with E-state index in [0.717, 1.165) is 9.80 Å². The summed E-state index contributed by atoms with van der Waals surface area (Å²) in [7, 11) is 0. The van der Waals surface area contributed by atoms with Gasteiger partial charge in [-0.05, 0) is 6.92 Å². The maximum atomic E-state index is 12.3. The second-order valence-electron chi connectivity index (χ2n) is 6.55. The summed E-state index contributed by atoms with van der Waals surface area (Å²) >= 11 is 0. The molecule has 4 amide bonds. The first kappa shape index (κ1) is 26.0. The minimum absolute atomic E-state index is 0.00886. The van der Waals surface area contributed by atoms with Crippen LogP contribution in [0.3, 0.4) is 0 Å². The van der Waals surface area contributed by atoms with Gasteiger partial charge in [-0.1, -0.05) is 0 Å². The summed E-state index contributed by atoms with van der Waals surface area (Å²) in [6, 6.07) is 0. The number of terminal acetylenes is 2. The molecule has 0 fully saturated rings. The summed E-state index contributed by atoms with van der Waals surface area (Å²) in [5, 5.41) is 10.4. The third-order valence-electron chi connectivity index (χ3n) is 4.28. The van der Waals surface area contributed by atoms with Crippen molar-refractivity contribution in [3.05, 3.63) is 23.0 Å². The van der Waals surface area contributed by atoms with Crippen LogP contribution in [-0.2, 0) is 32.3 Å². The Kier molecular flexibility index (Phi) is 10.2. The lowest BCUT2D eigenvalue weighted by Gasteiger charge is -2.20. The third-order valence-corrected chi connectivity index (χ3v) is 4.28. The molecule has 170 valence electrons. The number of aromatic hydroxyl groups is 1. The zero-order valence-electron chi connectivity index (χ0n) is 18.2. The van der Waals surface area contributed by atoms with Crippen LogP contribution in [0.5, 0.6) is 5.75 Å². The monoisotopic (exact) mass is 443 g/mol. The summed E-state index contributed by atoms with van der Waals surface area (Å²) in [6.07, 6.45) is 10.1. The Balaban J connectivity index is 2.97. The Labute approximate surface area is 186 Å². The standard InChI is InChI=1S/C22H25N3O7/c1-6-8-10-24(16(4)26)21(29)31-13-18-12-23-15(3)20(28)19(18)14-32-22(30)25(17(5)27)11-9-7-2/h1-2,12,28H,8-11,13-14H2,3-5H3. The lowest BCUT2D eigenvalue weighted by atomic mass is 10.1. The molecule has 1 aromatic rings. The van der Waals surface area contributed by atoms with Crippen LogP contribution in [0.2, 0.25) is 0 Å². The van der Waals surface area contributed by atoms with Gasteiger partial charge in [-0.3, -0.25) is 14.6 Å². The molecule has 1 aromatic heterocycles. The fourth-order valence-corrected chi connectivity index (χ4v) is 2.51. The number of hydrogen-bond donors (Lipinski definition) is 1. The number of rotatable bonds is 8. The molecule has 1 heterocycles. The zero-order chi connectivity index (χ0) is 24.3. The van der Waals surface area contributed by atoms with Gasteiger partial charge < -0.3 is 14.6 Å². The van der Waals surface area contributed by atoms with E-state index in [1.165, 1.54) is 27.0 Å². The predicted octanol–water partition coefficient (Wildman–Crippen LogP) is 2.11. The largest absolute Gasteiger partial charge is 0.506 e. The van der Waals surface area contributed by atoms with Crippen molar-refractivity contribution in [1.82, 2.24) is 14.8 Å². The highest BCUT2D eigenvalue weighted by molar-refractivity contribution is 5.91. The topological polar surface area (TPSA) is 126 Å². The number of carbonyl (C=O) groups excluding carboxylic acids is 4. The molecule has 10 nitrogen and oxygen atoms in total. The number of aryl methyl sites for hydroxylation is 1. The van der Waals surface area contributed by atoms with E-state index in [1.807, 2.05) is 0 Å². The fraction of sp³-hybridized carbons (Fsp3) is 0.409. The van der Waals surface area contributed by atoms with E-state index in [0.29, 0.717) is 0 Å². The van der Waals surface area contributed by atoms with Crippen molar-refractivity contribution in [3.63, 3.8) is 0 Å². The van der Waals surface area contributed by atoms with Gasteiger partial charge in [0.2, 0.25) is 11.8 Å². The van der Waals surface area contributed by atoms with Crippen molar-refractivity contribution < 1.29 is 33.8 Å². The van der Waals surface area contributed by atoms with E-state index in [4.69, 9.17) is 22.3 Å². The normalized spacial score (nSPS) is 9.78. The van der Waals surface area contributed by atoms with Crippen molar-refractivity contribution in [2.45, 2.75) is 46.8 Å². The van der Waals surface area contributed by atoms with Crippen molar-refractivity contribution >= 4 is 24.0 Å². The first-order valence-electron chi connectivity index (χ1n) is 9.56. The number of nitrogens with zero attached hydrogens (tertiary/aromatic N) is 3. The van der Waals surface area contributed by atoms with Gasteiger partial charge in [-0.15, -0.1) is 24.7 Å². The average molecular weight is 443 g/mol. The number of pyridine rings is 1. The molecule has 0 aliphatic heterocycles. The van der Waals surface area contributed by atoms with Crippen LogP contribution in [0.25, 0.3) is 0 Å². The van der Waals surface area contributed by atoms with Crippen LogP contribution in [-0.4, -0.2) is 57.0 Å². The number of hydrogen-bond acceptors (Lipinski definition) is 8. The second-order valence-corrected chi connectivity index (χ2v) is 6.55. The lowest BCUT2D eigenvalue weighted by Crippen LogP contribution is -2.36. The molecule has 0 aromatic carbocycles. The molecule has 0 aliphatic carbocycles. The molecule has 0 saturated carbocycles. The van der Waals surface area contributed by atoms with Gasteiger partial charge in [-0.2, -0.15) is 0 Å². The number of amides is 4. The third kappa shape index (κ3) is 7.33. The summed E-state index contributed by atoms with van der Waals surface area (Å²) in [4.78, 5) is 53.5. The van der Waals surface area contributed by atoms with E-state index in [1.54, 1.807) is 0 Å². The van der Waals surface area contributed by atoms with Gasteiger partial charge in [0.1, 0.15) is 19.0 Å². The van der Waals surface area contributed by atoms with Gasteiger partial charge in [0.25, 0.3) is 0 Å². The molecule has 0 radical (unpaired) electrons. The van der Waals surface area contributed by atoms with Gasteiger partial charge in [0, 0.05) is 57.1 Å². The maximum absolute atomic E-state index is 12.3. The Morgan fingerprint density at radius 2 is 1.44 bits per heavy atom. The summed E-state index contributed by atoms with van der Waals surface area (Å²) in [5.41, 5.74) is 0.631. The molecular formula is C22H25N3O7. The zero-order valence-corrected chi connectivity index (χ0v) is 18.2. The van der Waals surface area contributed by atoms with Crippen LogP contribution >= 0.6 is 0 Å². The molecular weight excluding hydrogens is 418 g/mol. The summed E-state index contributed by atoms with van der Waals surface area (Å²) in [6.45, 7) is 3.11. The number of aromatic nitrogens is 1. The van der Waals surface area contributed by atoms with E-state index < -0.39 is 30.6 Å². The summed E-state index contributed by atoms with van der Waals surface area (Å²) in [5.74, 6) is 3.30. The van der Waals surface area contributed by atoms with Crippen molar-refractivity contribution in [2.75, 3.05) is 13.1 Å². The smallest absolute Gasteiger partial charge is 0.416 e. The Morgan fingerprint density at radius 3 is 1.88 bits per heavy atom. The van der Waals surface area contributed by atoms with Gasteiger partial charge in [-0.25, -0.2) is 19.4 Å². The van der Waals surface area contributed by atoms with Gasteiger partial charge >= 0.3 is 12.2 Å². The quantitative estimate of drug-likeness (QED) is 0.606. The van der Waals surface area contributed by atoms with Gasteiger partial charge in [0.05, 0.1) is 5.69 Å². The molecule has 0 unspecified atom stereocenters. The average Bonchev–Trinajstić information content (AvgIpc) is 2.73. The molecule has 0 aliphatic rings. The van der Waals surface area contributed by atoms with Crippen LogP contribution in [0, 0.1) is 31.6 Å². The fourth-order valence-electron chi connectivity index (χ4n) is 2.51. The second kappa shape index (κ2) is 12.6. The van der Waals surface area contributed by atoms with E-state index in [2.05, 4.69) is 16.8 Å². The van der Waals surface area contributed by atoms with Crippen LogP contribution < -0.4 is 0 Å². The Bertz CT molecular complexity index is 959. The first-order chi connectivity index (χ1) is 15.1. The maximum Gasteiger partial charge on any atom is 0.416 e. The number of carbonyl (C=O) groups is 4. The first-order valence-corrected chi connectivity index (χ1v) is 9.56. The number of imide groups is 2. The van der Waals surface area contributed by atoms with Crippen molar-refractivity contribution in [2.24, 2.45) is 0 Å². The molecule has 10 heteroatoms. The minimum atomic E-state index is -0.943. The predicted molar refractivity (Wildman–Crippen MR) is 113 cm³/mol. The Morgan fingerprint density at radius 1 is 0.969 bits per heavy atom. The van der Waals surface area contributed by atoms with Crippen LogP contribution in [0.4, 0.5) is 9.59 Å². The Hall–Kier alpha value is -4.05. The molecule has 0 atom stereocenters. The number of ether oxygens (including phenoxy) is 2. The highest BCUT2D eigenvalue weighted by Gasteiger charge is 2.23. The highest BCUT2D eigenvalue weighted by atomic mass is 16.6. The van der Waals surface area contributed by atoms with Crippen molar-refractivity contribution in [3.8, 4) is 30.4 Å². The van der Waals surface area contributed by atoms with Crippen LogP contribution in [0.15, 0.2) is 6.20 Å². The molecule has 0 spiro atoms. The van der Waals surface area contributed by atoms with E-state index in [9.17, 15) is 24.3 Å². The molecule has 0 bridgehead atoms. The SMILES string of the molecule is C#CCCN(C(C)=O)C(=O)OCc1cnc(C)c(O)c1COC(=O)N(CCC#C)C(C)=O. The highest BCUT2D eigenvalue weighted by Crippen LogP contribution is 2.25.